The molecule has 0 fully saturated rings. The lowest BCUT2D eigenvalue weighted by atomic mass is 9.82. The summed E-state index contributed by atoms with van der Waals surface area (Å²) in [5.41, 5.74) is 2.93. The molecule has 6 nitrogen and oxygen atoms in total. The lowest BCUT2D eigenvalue weighted by Gasteiger charge is -2.34. The van der Waals surface area contributed by atoms with Crippen LogP contribution in [-0.2, 0) is 0 Å². The molecule has 0 amide bonds. The van der Waals surface area contributed by atoms with E-state index < -0.39 is 0 Å². The SMILES string of the molecule is CC(C)(C)CC(C)(C)Nc1c(-c2ccoc2)[nH]c2c(C#N)ncn12. The summed E-state index contributed by atoms with van der Waals surface area (Å²) in [6, 6.07) is 4.02. The Labute approximate surface area is 141 Å². The van der Waals surface area contributed by atoms with E-state index in [1.54, 1.807) is 18.9 Å². The van der Waals surface area contributed by atoms with E-state index in [-0.39, 0.29) is 11.0 Å². The predicted octanol–water partition coefficient (Wildman–Crippen LogP) is 4.42. The monoisotopic (exact) mass is 325 g/mol. The molecule has 0 aliphatic rings. The Kier molecular flexibility index (Phi) is 3.67. The molecule has 24 heavy (non-hydrogen) atoms. The number of aromatic nitrogens is 3. The van der Waals surface area contributed by atoms with Gasteiger partial charge in [-0.2, -0.15) is 5.26 Å². The second kappa shape index (κ2) is 5.45. The Balaban J connectivity index is 2.10. The van der Waals surface area contributed by atoms with Crippen LogP contribution in [0.1, 0.15) is 46.7 Å². The molecular weight excluding hydrogens is 302 g/mol. The normalized spacial score (nSPS) is 12.5. The number of H-pyrrole nitrogens is 1. The van der Waals surface area contributed by atoms with Crippen LogP contribution in [0.25, 0.3) is 16.9 Å². The predicted molar refractivity (Wildman–Crippen MR) is 93.7 cm³/mol. The van der Waals surface area contributed by atoms with Crippen molar-refractivity contribution in [1.82, 2.24) is 14.4 Å². The summed E-state index contributed by atoms with van der Waals surface area (Å²) in [5.74, 6) is 0.884. The van der Waals surface area contributed by atoms with E-state index in [1.807, 2.05) is 10.5 Å². The molecule has 0 aliphatic heterocycles. The van der Waals surface area contributed by atoms with Crippen molar-refractivity contribution in [1.29, 1.82) is 5.26 Å². The highest BCUT2D eigenvalue weighted by Crippen LogP contribution is 2.35. The number of anilines is 1. The summed E-state index contributed by atoms with van der Waals surface area (Å²) < 4.78 is 7.12. The first-order chi connectivity index (χ1) is 11.2. The Hall–Kier alpha value is -2.68. The van der Waals surface area contributed by atoms with Crippen LogP contribution >= 0.6 is 0 Å². The number of rotatable bonds is 4. The number of furan rings is 1. The highest BCUT2D eigenvalue weighted by Gasteiger charge is 2.28. The fourth-order valence-corrected chi connectivity index (χ4v) is 3.45. The summed E-state index contributed by atoms with van der Waals surface area (Å²) in [7, 11) is 0. The number of fused-ring (bicyclic) bond motifs is 1. The maximum absolute atomic E-state index is 9.26. The van der Waals surface area contributed by atoms with E-state index in [0.717, 1.165) is 23.5 Å². The van der Waals surface area contributed by atoms with Gasteiger partial charge in [0.25, 0.3) is 0 Å². The third-order valence-corrected chi connectivity index (χ3v) is 3.83. The van der Waals surface area contributed by atoms with Crippen molar-refractivity contribution in [2.75, 3.05) is 5.32 Å². The minimum Gasteiger partial charge on any atom is -0.472 e. The summed E-state index contributed by atoms with van der Waals surface area (Å²) >= 11 is 0. The molecule has 0 aromatic carbocycles. The average molecular weight is 325 g/mol. The number of hydrogen-bond acceptors (Lipinski definition) is 4. The van der Waals surface area contributed by atoms with Crippen LogP contribution in [0.15, 0.2) is 29.3 Å². The number of aromatic amines is 1. The standard InChI is InChI=1S/C18H23N5O/c1-17(2,3)10-18(4,5)22-16-14(12-6-7-24-9-12)21-15-13(8-19)20-11-23(15)16/h6-7,9,11,21-22H,10H2,1-5H3. The maximum Gasteiger partial charge on any atom is 0.183 e. The molecule has 6 heteroatoms. The zero-order chi connectivity index (χ0) is 17.5. The van der Waals surface area contributed by atoms with Crippen LogP contribution in [0, 0.1) is 16.7 Å². The molecule has 3 aromatic heterocycles. The van der Waals surface area contributed by atoms with E-state index in [9.17, 15) is 5.26 Å². The van der Waals surface area contributed by atoms with Crippen molar-refractivity contribution in [3.63, 3.8) is 0 Å². The molecule has 2 N–H and O–H groups in total. The molecule has 3 rings (SSSR count). The number of hydrogen-bond donors (Lipinski definition) is 2. The minimum absolute atomic E-state index is 0.136. The van der Waals surface area contributed by atoms with Crippen molar-refractivity contribution in [3.8, 4) is 17.3 Å². The van der Waals surface area contributed by atoms with E-state index in [2.05, 4.69) is 56.0 Å². The molecule has 0 saturated heterocycles. The van der Waals surface area contributed by atoms with Crippen molar-refractivity contribution in [2.45, 2.75) is 46.6 Å². The van der Waals surface area contributed by atoms with Gasteiger partial charge in [0.2, 0.25) is 0 Å². The molecule has 126 valence electrons. The number of imidazole rings is 2. The quantitative estimate of drug-likeness (QED) is 0.744. The topological polar surface area (TPSA) is 82.0 Å². The summed E-state index contributed by atoms with van der Waals surface area (Å²) in [6.45, 7) is 11.0. The van der Waals surface area contributed by atoms with Gasteiger partial charge >= 0.3 is 0 Å². The molecule has 0 saturated carbocycles. The number of nitriles is 1. The van der Waals surface area contributed by atoms with E-state index in [1.165, 1.54) is 0 Å². The van der Waals surface area contributed by atoms with Gasteiger partial charge in [0.05, 0.1) is 18.2 Å². The van der Waals surface area contributed by atoms with Gasteiger partial charge in [-0.25, -0.2) is 4.98 Å². The van der Waals surface area contributed by atoms with Gasteiger partial charge in [-0.1, -0.05) is 20.8 Å². The fourth-order valence-electron chi connectivity index (χ4n) is 3.45. The van der Waals surface area contributed by atoms with E-state index >= 15 is 0 Å². The van der Waals surface area contributed by atoms with Crippen molar-refractivity contribution >= 4 is 11.5 Å². The van der Waals surface area contributed by atoms with Gasteiger partial charge < -0.3 is 14.7 Å². The molecule has 0 atom stereocenters. The lowest BCUT2D eigenvalue weighted by Crippen LogP contribution is -2.36. The molecule has 3 aromatic rings. The second-order valence-electron chi connectivity index (χ2n) is 8.03. The zero-order valence-electron chi connectivity index (χ0n) is 14.8. The van der Waals surface area contributed by atoms with Gasteiger partial charge in [-0.3, -0.25) is 4.40 Å². The number of nitrogens with zero attached hydrogens (tertiary/aromatic N) is 3. The zero-order valence-corrected chi connectivity index (χ0v) is 14.8. The maximum atomic E-state index is 9.26. The molecule has 0 unspecified atom stereocenters. The summed E-state index contributed by atoms with van der Waals surface area (Å²) in [6.07, 6.45) is 5.98. The minimum atomic E-state index is -0.136. The average Bonchev–Trinajstić information content (AvgIpc) is 3.12. The molecule has 3 heterocycles. The van der Waals surface area contributed by atoms with Gasteiger partial charge in [0, 0.05) is 11.1 Å². The van der Waals surface area contributed by atoms with Gasteiger partial charge in [-0.15, -0.1) is 0 Å². The second-order valence-corrected chi connectivity index (χ2v) is 8.03. The van der Waals surface area contributed by atoms with Crippen molar-refractivity contribution < 1.29 is 4.42 Å². The van der Waals surface area contributed by atoms with Crippen LogP contribution in [0.5, 0.6) is 0 Å². The molecule has 0 bridgehead atoms. The Morgan fingerprint density at radius 1 is 1.33 bits per heavy atom. The highest BCUT2D eigenvalue weighted by atomic mass is 16.3. The van der Waals surface area contributed by atoms with E-state index in [4.69, 9.17) is 4.42 Å². The molecule has 0 spiro atoms. The van der Waals surface area contributed by atoms with Crippen LogP contribution in [0.3, 0.4) is 0 Å². The largest absolute Gasteiger partial charge is 0.472 e. The number of nitrogens with one attached hydrogen (secondary N) is 2. The van der Waals surface area contributed by atoms with Crippen molar-refractivity contribution in [2.24, 2.45) is 5.41 Å². The van der Waals surface area contributed by atoms with Crippen molar-refractivity contribution in [3.05, 3.63) is 30.6 Å². The van der Waals surface area contributed by atoms with Crippen LogP contribution in [0.2, 0.25) is 0 Å². The molecule has 0 radical (unpaired) electrons. The smallest absolute Gasteiger partial charge is 0.183 e. The molecule has 0 aliphatic carbocycles. The third-order valence-electron chi connectivity index (χ3n) is 3.83. The lowest BCUT2D eigenvalue weighted by molar-refractivity contribution is 0.302. The Bertz CT molecular complexity index is 885. The first-order valence-electron chi connectivity index (χ1n) is 8.00. The van der Waals surface area contributed by atoms with E-state index in [0.29, 0.717) is 11.3 Å². The fraction of sp³-hybridized carbons (Fsp3) is 0.444. The van der Waals surface area contributed by atoms with Gasteiger partial charge in [0.1, 0.15) is 18.2 Å². The highest BCUT2D eigenvalue weighted by molar-refractivity contribution is 5.77. The third kappa shape index (κ3) is 3.02. The Morgan fingerprint density at radius 2 is 2.08 bits per heavy atom. The first kappa shape index (κ1) is 16.2. The summed E-state index contributed by atoms with van der Waals surface area (Å²) in [4.78, 5) is 7.48. The summed E-state index contributed by atoms with van der Waals surface area (Å²) in [5, 5.41) is 12.9. The first-order valence-corrected chi connectivity index (χ1v) is 8.00. The van der Waals surface area contributed by atoms with Crippen LogP contribution < -0.4 is 5.32 Å². The van der Waals surface area contributed by atoms with Crippen LogP contribution in [0.4, 0.5) is 5.82 Å². The van der Waals surface area contributed by atoms with Gasteiger partial charge in [0.15, 0.2) is 11.3 Å². The van der Waals surface area contributed by atoms with Crippen LogP contribution in [-0.4, -0.2) is 19.9 Å². The molecular formula is C18H23N5O. The Morgan fingerprint density at radius 3 is 2.67 bits per heavy atom. The van der Waals surface area contributed by atoms with Gasteiger partial charge in [-0.05, 0) is 31.7 Å².